The first-order valence-corrected chi connectivity index (χ1v) is 2.92. The first-order valence-electron chi connectivity index (χ1n) is 2.92. The van der Waals surface area contributed by atoms with Crippen molar-refractivity contribution in [2.75, 3.05) is 11.2 Å². The van der Waals surface area contributed by atoms with Gasteiger partial charge in [-0.1, -0.05) is 0 Å². The van der Waals surface area contributed by atoms with Gasteiger partial charge >= 0.3 is 0 Å². The van der Waals surface area contributed by atoms with Gasteiger partial charge in [0.1, 0.15) is 0 Å². The van der Waals surface area contributed by atoms with Gasteiger partial charge < -0.3 is 11.2 Å². The topological polar surface area (TPSA) is 77.0 Å². The maximum Gasteiger partial charge on any atom is 0.0719 e. The van der Waals surface area contributed by atoms with Crippen LogP contribution >= 0.6 is 0 Å². The van der Waals surface area contributed by atoms with E-state index in [0.717, 1.165) is 11.3 Å². The number of nitrogens with two attached hydrogens (primary N) is 2. The zero-order chi connectivity index (χ0) is 7.56. The SMILES string of the molecule is Cc1c(N)cncc1NN. The summed E-state index contributed by atoms with van der Waals surface area (Å²) in [6.07, 6.45) is 3.22. The second-order valence-corrected chi connectivity index (χ2v) is 2.05. The molecule has 0 aromatic carbocycles. The summed E-state index contributed by atoms with van der Waals surface area (Å²) in [5.41, 5.74) is 10.4. The third-order valence-electron chi connectivity index (χ3n) is 1.41. The lowest BCUT2D eigenvalue weighted by molar-refractivity contribution is 1.24. The van der Waals surface area contributed by atoms with Gasteiger partial charge in [-0.05, 0) is 12.5 Å². The molecule has 0 saturated heterocycles. The molecule has 4 heteroatoms. The van der Waals surface area contributed by atoms with Gasteiger partial charge in [0.05, 0.1) is 23.8 Å². The van der Waals surface area contributed by atoms with Crippen molar-refractivity contribution in [3.05, 3.63) is 18.0 Å². The number of nitrogen functional groups attached to an aromatic ring is 2. The van der Waals surface area contributed by atoms with Gasteiger partial charge in [0, 0.05) is 0 Å². The molecule has 1 aromatic rings. The number of nitrogens with one attached hydrogen (secondary N) is 1. The van der Waals surface area contributed by atoms with E-state index in [1.807, 2.05) is 6.92 Å². The smallest absolute Gasteiger partial charge is 0.0719 e. The lowest BCUT2D eigenvalue weighted by Gasteiger charge is -2.04. The van der Waals surface area contributed by atoms with Gasteiger partial charge in [-0.3, -0.25) is 10.8 Å². The van der Waals surface area contributed by atoms with E-state index < -0.39 is 0 Å². The molecule has 1 aromatic heterocycles. The molecule has 0 aliphatic heterocycles. The monoisotopic (exact) mass is 138 g/mol. The van der Waals surface area contributed by atoms with Crippen molar-refractivity contribution in [2.45, 2.75) is 6.92 Å². The summed E-state index contributed by atoms with van der Waals surface area (Å²) >= 11 is 0. The minimum absolute atomic E-state index is 0.649. The summed E-state index contributed by atoms with van der Waals surface area (Å²) in [5.74, 6) is 5.17. The standard InChI is InChI=1S/C6H10N4/c1-4-5(7)2-9-3-6(4)10-8/h2-3,10H,7-8H2,1H3. The molecule has 4 nitrogen and oxygen atoms in total. The van der Waals surface area contributed by atoms with Crippen molar-refractivity contribution in [2.24, 2.45) is 5.84 Å². The molecule has 0 fully saturated rings. The highest BCUT2D eigenvalue weighted by atomic mass is 15.2. The largest absolute Gasteiger partial charge is 0.397 e. The summed E-state index contributed by atoms with van der Waals surface area (Å²) < 4.78 is 0. The molecular formula is C6H10N4. The summed E-state index contributed by atoms with van der Waals surface area (Å²) in [4.78, 5) is 3.85. The van der Waals surface area contributed by atoms with Crippen molar-refractivity contribution >= 4 is 11.4 Å². The highest BCUT2D eigenvalue weighted by Gasteiger charge is 1.97. The number of hydrazine groups is 1. The molecule has 0 saturated carbocycles. The Labute approximate surface area is 59.2 Å². The molecule has 0 aliphatic carbocycles. The van der Waals surface area contributed by atoms with Crippen LogP contribution in [0.3, 0.4) is 0 Å². The van der Waals surface area contributed by atoms with Gasteiger partial charge in [-0.2, -0.15) is 0 Å². The van der Waals surface area contributed by atoms with Gasteiger partial charge in [-0.25, -0.2) is 0 Å². The average Bonchev–Trinajstić information content (AvgIpc) is 1.95. The molecule has 0 amide bonds. The number of aromatic nitrogens is 1. The van der Waals surface area contributed by atoms with Crippen molar-refractivity contribution in [1.29, 1.82) is 0 Å². The van der Waals surface area contributed by atoms with Gasteiger partial charge in [-0.15, -0.1) is 0 Å². The molecule has 1 rings (SSSR count). The first kappa shape index (κ1) is 6.82. The number of rotatable bonds is 1. The van der Waals surface area contributed by atoms with Crippen LogP contribution in [-0.4, -0.2) is 4.98 Å². The number of hydrogen-bond donors (Lipinski definition) is 3. The van der Waals surface area contributed by atoms with E-state index in [0.29, 0.717) is 5.69 Å². The first-order chi connectivity index (χ1) is 4.75. The fourth-order valence-corrected chi connectivity index (χ4v) is 0.687. The second kappa shape index (κ2) is 2.53. The Balaban J connectivity index is 3.14. The van der Waals surface area contributed by atoms with Crippen LogP contribution in [0.15, 0.2) is 12.4 Å². The van der Waals surface area contributed by atoms with Crippen LogP contribution in [0.4, 0.5) is 11.4 Å². The molecule has 0 unspecified atom stereocenters. The third-order valence-corrected chi connectivity index (χ3v) is 1.41. The normalized spacial score (nSPS) is 9.40. The molecule has 0 atom stereocenters. The van der Waals surface area contributed by atoms with Crippen LogP contribution in [0.2, 0.25) is 0 Å². The van der Waals surface area contributed by atoms with E-state index in [1.54, 1.807) is 12.4 Å². The Morgan fingerprint density at radius 1 is 1.50 bits per heavy atom. The molecule has 0 radical (unpaired) electrons. The van der Waals surface area contributed by atoms with Gasteiger partial charge in [0.2, 0.25) is 0 Å². The predicted octanol–water partition coefficient (Wildman–Crippen LogP) is 0.258. The summed E-state index contributed by atoms with van der Waals surface area (Å²) in [5, 5.41) is 0. The fourth-order valence-electron chi connectivity index (χ4n) is 0.687. The highest BCUT2D eigenvalue weighted by molar-refractivity contribution is 5.59. The summed E-state index contributed by atoms with van der Waals surface area (Å²) in [6, 6.07) is 0. The van der Waals surface area contributed by atoms with Crippen LogP contribution in [0.25, 0.3) is 0 Å². The molecule has 0 bridgehead atoms. The molecular weight excluding hydrogens is 128 g/mol. The summed E-state index contributed by atoms with van der Waals surface area (Å²) in [7, 11) is 0. The summed E-state index contributed by atoms with van der Waals surface area (Å²) in [6.45, 7) is 1.88. The van der Waals surface area contributed by atoms with Crippen LogP contribution < -0.4 is 17.0 Å². The number of pyridine rings is 1. The van der Waals surface area contributed by atoms with Crippen molar-refractivity contribution < 1.29 is 0 Å². The van der Waals surface area contributed by atoms with Crippen molar-refractivity contribution in [3.8, 4) is 0 Å². The quantitative estimate of drug-likeness (QED) is 0.384. The molecule has 5 N–H and O–H groups in total. The Kier molecular flexibility index (Phi) is 1.73. The Morgan fingerprint density at radius 3 is 2.70 bits per heavy atom. The van der Waals surface area contributed by atoms with Crippen LogP contribution in [-0.2, 0) is 0 Å². The number of nitrogens with zero attached hydrogens (tertiary/aromatic N) is 1. The molecule has 0 aliphatic rings. The van der Waals surface area contributed by atoms with E-state index in [1.165, 1.54) is 0 Å². The van der Waals surface area contributed by atoms with Crippen molar-refractivity contribution in [1.82, 2.24) is 4.98 Å². The van der Waals surface area contributed by atoms with E-state index >= 15 is 0 Å². The number of anilines is 2. The van der Waals surface area contributed by atoms with Gasteiger partial charge in [0.15, 0.2) is 0 Å². The lowest BCUT2D eigenvalue weighted by Crippen LogP contribution is -2.09. The van der Waals surface area contributed by atoms with Gasteiger partial charge in [0.25, 0.3) is 0 Å². The molecule has 54 valence electrons. The Morgan fingerprint density at radius 2 is 2.20 bits per heavy atom. The minimum Gasteiger partial charge on any atom is -0.397 e. The molecule has 10 heavy (non-hydrogen) atoms. The third kappa shape index (κ3) is 1.01. The van der Waals surface area contributed by atoms with E-state index in [2.05, 4.69) is 10.4 Å². The zero-order valence-corrected chi connectivity index (χ0v) is 5.76. The highest BCUT2D eigenvalue weighted by Crippen LogP contribution is 2.16. The van der Waals surface area contributed by atoms with Crippen molar-refractivity contribution in [3.63, 3.8) is 0 Å². The average molecular weight is 138 g/mol. The minimum atomic E-state index is 0.649. The van der Waals surface area contributed by atoms with Crippen LogP contribution in [0, 0.1) is 6.92 Å². The van der Waals surface area contributed by atoms with Crippen LogP contribution in [0.5, 0.6) is 0 Å². The van der Waals surface area contributed by atoms with E-state index in [-0.39, 0.29) is 0 Å². The zero-order valence-electron chi connectivity index (χ0n) is 5.76. The van der Waals surface area contributed by atoms with E-state index in [4.69, 9.17) is 11.6 Å². The molecule has 1 heterocycles. The maximum absolute atomic E-state index is 5.54. The lowest BCUT2D eigenvalue weighted by atomic mass is 10.2. The Hall–Kier alpha value is -1.29. The Bertz CT molecular complexity index is 233. The van der Waals surface area contributed by atoms with Crippen LogP contribution in [0.1, 0.15) is 5.56 Å². The predicted molar refractivity (Wildman–Crippen MR) is 41.2 cm³/mol. The van der Waals surface area contributed by atoms with E-state index in [9.17, 15) is 0 Å². The molecule has 0 spiro atoms. The second-order valence-electron chi connectivity index (χ2n) is 2.05. The fraction of sp³-hybridized carbons (Fsp3) is 0.167. The maximum atomic E-state index is 5.54. The number of hydrogen-bond acceptors (Lipinski definition) is 4.